The van der Waals surface area contributed by atoms with Gasteiger partial charge in [-0.25, -0.2) is 13.2 Å². The fourth-order valence-corrected chi connectivity index (χ4v) is 4.12. The molecule has 0 saturated carbocycles. The van der Waals surface area contributed by atoms with Crippen LogP contribution in [0.5, 0.6) is 0 Å². The number of carboxylic acid groups (broad SMARTS) is 1. The van der Waals surface area contributed by atoms with Crippen LogP contribution in [0.2, 0.25) is 0 Å². The molecule has 112 valence electrons. The normalized spacial score (nSPS) is 11.6. The molecule has 0 fully saturated rings. The highest BCUT2D eigenvalue weighted by atomic mass is 32.2. The Bertz CT molecular complexity index is 619. The van der Waals surface area contributed by atoms with Crippen molar-refractivity contribution >= 4 is 33.3 Å². The van der Waals surface area contributed by atoms with Crippen molar-refractivity contribution in [3.63, 3.8) is 0 Å². The summed E-state index contributed by atoms with van der Waals surface area (Å²) in [4.78, 5) is 22.2. The summed E-state index contributed by atoms with van der Waals surface area (Å²) in [5.74, 6) is -1.84. The average Bonchev–Trinajstić information content (AvgIpc) is 2.72. The maximum atomic E-state index is 12.2. The first kappa shape index (κ1) is 16.6. The summed E-state index contributed by atoms with van der Waals surface area (Å²) in [6.45, 7) is 2.88. The lowest BCUT2D eigenvalue weighted by Crippen LogP contribution is -2.32. The van der Waals surface area contributed by atoms with E-state index >= 15 is 0 Å². The predicted molar refractivity (Wildman–Crippen MR) is 72.5 cm³/mol. The summed E-state index contributed by atoms with van der Waals surface area (Å²) < 4.78 is 29.8. The molecule has 1 aromatic rings. The van der Waals surface area contributed by atoms with E-state index < -0.39 is 28.5 Å². The van der Waals surface area contributed by atoms with Gasteiger partial charge in [-0.1, -0.05) is 0 Å². The van der Waals surface area contributed by atoms with Crippen molar-refractivity contribution in [1.82, 2.24) is 4.31 Å². The summed E-state index contributed by atoms with van der Waals surface area (Å²) >= 11 is 0.662. The summed E-state index contributed by atoms with van der Waals surface area (Å²) in [5, 5.41) is 8.93. The monoisotopic (exact) mass is 321 g/mol. The van der Waals surface area contributed by atoms with Gasteiger partial charge in [0.1, 0.15) is 15.6 Å². The zero-order chi connectivity index (χ0) is 15.5. The van der Waals surface area contributed by atoms with Crippen molar-refractivity contribution in [2.45, 2.75) is 18.1 Å². The minimum atomic E-state index is -3.90. The maximum absolute atomic E-state index is 12.2. The molecular formula is C11H15NO6S2. The molecule has 0 amide bonds. The summed E-state index contributed by atoms with van der Waals surface area (Å²) in [6.07, 6.45) is 0. The van der Waals surface area contributed by atoms with E-state index in [9.17, 15) is 18.0 Å². The van der Waals surface area contributed by atoms with E-state index in [0.29, 0.717) is 16.9 Å². The molecule has 0 saturated heterocycles. The average molecular weight is 321 g/mol. The molecule has 1 aromatic heterocycles. The van der Waals surface area contributed by atoms with Crippen LogP contribution in [0.3, 0.4) is 0 Å². The SMILES string of the molecule is CCOC(=O)CN(C)S(=O)(=O)c1cc(C)c(C(=O)O)s1. The van der Waals surface area contributed by atoms with Gasteiger partial charge in [-0.2, -0.15) is 4.31 Å². The van der Waals surface area contributed by atoms with Crippen molar-refractivity contribution in [3.8, 4) is 0 Å². The van der Waals surface area contributed by atoms with Crippen LogP contribution in [0.15, 0.2) is 10.3 Å². The van der Waals surface area contributed by atoms with Crippen LogP contribution in [0.4, 0.5) is 0 Å². The number of hydrogen-bond acceptors (Lipinski definition) is 6. The Morgan fingerprint density at radius 3 is 2.50 bits per heavy atom. The standard InChI is InChI=1S/C11H15NO6S2/c1-4-18-8(13)6-12(3)20(16,17)9-5-7(2)10(19-9)11(14)15/h5H,4,6H2,1-3H3,(H,14,15). The van der Waals surface area contributed by atoms with E-state index in [0.717, 1.165) is 4.31 Å². The van der Waals surface area contributed by atoms with Crippen LogP contribution < -0.4 is 0 Å². The molecule has 0 aliphatic carbocycles. The molecular weight excluding hydrogens is 306 g/mol. The summed E-state index contributed by atoms with van der Waals surface area (Å²) in [7, 11) is -2.66. The second-order valence-electron chi connectivity index (χ2n) is 3.95. The Labute approximate surface area is 120 Å². The molecule has 0 unspecified atom stereocenters. The Morgan fingerprint density at radius 2 is 2.05 bits per heavy atom. The molecule has 0 radical (unpaired) electrons. The highest BCUT2D eigenvalue weighted by Crippen LogP contribution is 2.27. The van der Waals surface area contributed by atoms with E-state index in [1.54, 1.807) is 6.92 Å². The maximum Gasteiger partial charge on any atom is 0.346 e. The lowest BCUT2D eigenvalue weighted by molar-refractivity contribution is -0.143. The second kappa shape index (κ2) is 6.33. The van der Waals surface area contributed by atoms with E-state index in [1.165, 1.54) is 20.0 Å². The number of aromatic carboxylic acids is 1. The molecule has 0 aliphatic rings. The van der Waals surface area contributed by atoms with Crippen LogP contribution in [-0.2, 0) is 19.6 Å². The van der Waals surface area contributed by atoms with Crippen LogP contribution in [0.25, 0.3) is 0 Å². The molecule has 0 aliphatic heterocycles. The Morgan fingerprint density at radius 1 is 1.45 bits per heavy atom. The largest absolute Gasteiger partial charge is 0.477 e. The van der Waals surface area contributed by atoms with Gasteiger partial charge in [0.2, 0.25) is 0 Å². The first-order chi connectivity index (χ1) is 9.20. The van der Waals surface area contributed by atoms with Gasteiger partial charge < -0.3 is 9.84 Å². The minimum absolute atomic E-state index is 0.0342. The first-order valence-electron chi connectivity index (χ1n) is 5.65. The lowest BCUT2D eigenvalue weighted by Gasteiger charge is -2.14. The third-order valence-corrected chi connectivity index (χ3v) is 5.89. The van der Waals surface area contributed by atoms with Crippen molar-refractivity contribution in [3.05, 3.63) is 16.5 Å². The number of hydrogen-bond donors (Lipinski definition) is 1. The van der Waals surface area contributed by atoms with Crippen molar-refractivity contribution in [2.24, 2.45) is 0 Å². The fourth-order valence-electron chi connectivity index (χ4n) is 1.42. The Balaban J connectivity index is 3.01. The second-order valence-corrected chi connectivity index (χ2v) is 7.27. The van der Waals surface area contributed by atoms with E-state index in [4.69, 9.17) is 5.11 Å². The van der Waals surface area contributed by atoms with E-state index in [-0.39, 0.29) is 15.7 Å². The van der Waals surface area contributed by atoms with Crippen LogP contribution in [0.1, 0.15) is 22.2 Å². The van der Waals surface area contributed by atoms with Crippen LogP contribution >= 0.6 is 11.3 Å². The minimum Gasteiger partial charge on any atom is -0.477 e. The van der Waals surface area contributed by atoms with E-state index in [2.05, 4.69) is 4.74 Å². The predicted octanol–water partition coefficient (Wildman–Crippen LogP) is 0.938. The first-order valence-corrected chi connectivity index (χ1v) is 7.91. The molecule has 1 N–H and O–H groups in total. The molecule has 1 heterocycles. The van der Waals surface area contributed by atoms with Crippen molar-refractivity contribution in [1.29, 1.82) is 0 Å². The van der Waals surface area contributed by atoms with Crippen LogP contribution in [-0.4, -0.2) is 50.0 Å². The van der Waals surface area contributed by atoms with Crippen molar-refractivity contribution in [2.75, 3.05) is 20.2 Å². The number of carbonyl (C=O) groups is 2. The van der Waals surface area contributed by atoms with Crippen LogP contribution in [0, 0.1) is 6.92 Å². The van der Waals surface area contributed by atoms with Gasteiger partial charge in [0, 0.05) is 7.05 Å². The number of rotatable bonds is 6. The third kappa shape index (κ3) is 3.56. The molecule has 1 rings (SSSR count). The molecule has 9 heteroatoms. The zero-order valence-corrected chi connectivity index (χ0v) is 12.9. The molecule has 0 bridgehead atoms. The topological polar surface area (TPSA) is 101 Å². The van der Waals surface area contributed by atoms with Gasteiger partial charge in [0.25, 0.3) is 10.0 Å². The highest BCUT2D eigenvalue weighted by Gasteiger charge is 2.27. The molecule has 0 atom stereocenters. The number of sulfonamides is 1. The summed E-state index contributed by atoms with van der Waals surface area (Å²) in [6, 6.07) is 1.28. The van der Waals surface area contributed by atoms with Gasteiger partial charge in [0.15, 0.2) is 0 Å². The molecule has 0 spiro atoms. The fraction of sp³-hybridized carbons (Fsp3) is 0.455. The number of carboxylic acids is 1. The highest BCUT2D eigenvalue weighted by molar-refractivity contribution is 7.91. The number of nitrogens with zero attached hydrogens (tertiary/aromatic N) is 1. The number of esters is 1. The zero-order valence-electron chi connectivity index (χ0n) is 11.2. The lowest BCUT2D eigenvalue weighted by atomic mass is 10.3. The number of thiophene rings is 1. The van der Waals surface area contributed by atoms with Gasteiger partial charge >= 0.3 is 11.9 Å². The quantitative estimate of drug-likeness (QED) is 0.783. The van der Waals surface area contributed by atoms with Gasteiger partial charge in [0.05, 0.1) is 6.61 Å². The van der Waals surface area contributed by atoms with Crippen molar-refractivity contribution < 1.29 is 27.9 Å². The van der Waals surface area contributed by atoms with E-state index in [1.807, 2.05) is 0 Å². The number of ether oxygens (including phenoxy) is 1. The Kier molecular flexibility index (Phi) is 5.26. The molecule has 7 nitrogen and oxygen atoms in total. The third-order valence-electron chi connectivity index (χ3n) is 2.41. The van der Waals surface area contributed by atoms with Gasteiger partial charge in [-0.15, -0.1) is 11.3 Å². The summed E-state index contributed by atoms with van der Waals surface area (Å²) in [5.41, 5.74) is 0.366. The van der Waals surface area contributed by atoms with Gasteiger partial charge in [-0.05, 0) is 25.5 Å². The van der Waals surface area contributed by atoms with Gasteiger partial charge in [-0.3, -0.25) is 4.79 Å². The Hall–Kier alpha value is -1.45. The number of likely N-dealkylation sites (N-methyl/N-ethyl adjacent to an activating group) is 1. The number of aryl methyl sites for hydroxylation is 1. The molecule has 0 aromatic carbocycles. The number of carbonyl (C=O) groups excluding carboxylic acids is 1. The smallest absolute Gasteiger partial charge is 0.346 e. The molecule has 20 heavy (non-hydrogen) atoms.